The Morgan fingerprint density at radius 2 is 1.79 bits per heavy atom. The lowest BCUT2D eigenvalue weighted by atomic mass is 10.0. The molecule has 1 aliphatic rings. The van der Waals surface area contributed by atoms with Crippen molar-refractivity contribution in [3.63, 3.8) is 0 Å². The van der Waals surface area contributed by atoms with Crippen LogP contribution in [0.15, 0.2) is 72.9 Å². The molecule has 5 nitrogen and oxygen atoms in total. The van der Waals surface area contributed by atoms with Gasteiger partial charge in [0.2, 0.25) is 5.91 Å². The molecule has 0 aliphatic carbocycles. The molecule has 1 aliphatic heterocycles. The predicted octanol–water partition coefficient (Wildman–Crippen LogP) is 5.11. The van der Waals surface area contributed by atoms with E-state index in [1.807, 2.05) is 60.5 Å². The highest BCUT2D eigenvalue weighted by Crippen LogP contribution is 2.32. The van der Waals surface area contributed by atoms with Crippen molar-refractivity contribution in [3.8, 4) is 11.1 Å². The molecule has 0 fully saturated rings. The second-order valence-electron chi connectivity index (χ2n) is 8.44. The number of carbonyl (C=O) groups is 2. The van der Waals surface area contributed by atoms with Crippen LogP contribution in [0.25, 0.3) is 22.0 Å². The number of H-pyrrole nitrogens is 1. The second-order valence-corrected chi connectivity index (χ2v) is 8.44. The molecular weight excluding hydrogens is 410 g/mol. The Kier molecular flexibility index (Phi) is 5.69. The van der Waals surface area contributed by atoms with Crippen molar-refractivity contribution >= 4 is 28.4 Å². The largest absolute Gasteiger partial charge is 0.361 e. The summed E-state index contributed by atoms with van der Waals surface area (Å²) in [5.74, 6) is 0.102. The lowest BCUT2D eigenvalue weighted by Gasteiger charge is -2.16. The maximum atomic E-state index is 12.6. The zero-order valence-corrected chi connectivity index (χ0v) is 18.7. The Morgan fingerprint density at radius 3 is 2.61 bits per heavy atom. The number of carbonyl (C=O) groups excluding carboxylic acids is 2. The minimum absolute atomic E-state index is 0.0657. The summed E-state index contributed by atoms with van der Waals surface area (Å²) in [5, 5.41) is 4.23. The van der Waals surface area contributed by atoms with Gasteiger partial charge in [-0.3, -0.25) is 9.59 Å². The molecule has 0 atom stereocenters. The Hall–Kier alpha value is -3.86. The van der Waals surface area contributed by atoms with Gasteiger partial charge >= 0.3 is 0 Å². The average molecular weight is 438 g/mol. The number of amides is 2. The van der Waals surface area contributed by atoms with Crippen molar-refractivity contribution in [1.29, 1.82) is 0 Å². The zero-order valence-electron chi connectivity index (χ0n) is 18.7. The summed E-state index contributed by atoms with van der Waals surface area (Å²) in [7, 11) is 0. The van der Waals surface area contributed by atoms with E-state index in [4.69, 9.17) is 0 Å². The van der Waals surface area contributed by atoms with Crippen LogP contribution in [-0.4, -0.2) is 29.9 Å². The average Bonchev–Trinajstić information content (AvgIpc) is 3.47. The van der Waals surface area contributed by atoms with E-state index in [1.165, 1.54) is 16.5 Å². The first-order valence-electron chi connectivity index (χ1n) is 11.5. The number of hydrogen-bond acceptors (Lipinski definition) is 2. The quantitative estimate of drug-likeness (QED) is 0.440. The van der Waals surface area contributed by atoms with Crippen molar-refractivity contribution in [1.82, 2.24) is 10.3 Å². The van der Waals surface area contributed by atoms with Crippen molar-refractivity contribution in [3.05, 3.63) is 89.6 Å². The molecule has 4 aromatic rings. The van der Waals surface area contributed by atoms with Gasteiger partial charge in [-0.25, -0.2) is 0 Å². The molecule has 0 radical (unpaired) electrons. The number of rotatable bonds is 6. The molecule has 5 rings (SSSR count). The van der Waals surface area contributed by atoms with E-state index in [0.717, 1.165) is 41.7 Å². The Morgan fingerprint density at radius 1 is 1.00 bits per heavy atom. The van der Waals surface area contributed by atoms with Crippen molar-refractivity contribution in [2.45, 2.75) is 26.2 Å². The van der Waals surface area contributed by atoms with Crippen LogP contribution >= 0.6 is 0 Å². The molecule has 166 valence electrons. The van der Waals surface area contributed by atoms with Crippen LogP contribution in [0.4, 0.5) is 5.69 Å². The fourth-order valence-corrected chi connectivity index (χ4v) is 4.60. The van der Waals surface area contributed by atoms with Crippen LogP contribution in [-0.2, 0) is 17.6 Å². The van der Waals surface area contributed by atoms with Gasteiger partial charge in [-0.05, 0) is 65.4 Å². The molecule has 0 saturated carbocycles. The van der Waals surface area contributed by atoms with Crippen LogP contribution < -0.4 is 10.2 Å². The van der Waals surface area contributed by atoms with Gasteiger partial charge in [0, 0.05) is 47.9 Å². The van der Waals surface area contributed by atoms with Crippen molar-refractivity contribution < 1.29 is 9.59 Å². The molecule has 5 heteroatoms. The molecule has 2 N–H and O–H groups in total. The molecule has 0 saturated heterocycles. The van der Waals surface area contributed by atoms with Gasteiger partial charge in [0.25, 0.3) is 5.91 Å². The predicted molar refractivity (Wildman–Crippen MR) is 133 cm³/mol. The maximum absolute atomic E-state index is 12.6. The van der Waals surface area contributed by atoms with E-state index in [9.17, 15) is 9.59 Å². The minimum atomic E-state index is -0.0657. The number of fused-ring (bicyclic) bond motifs is 2. The molecule has 0 unspecified atom stereocenters. The SMILES string of the molecule is CCC(=O)N1CCc2cc(-c3ccc(C(=O)NCCc4c[nH]c5ccccc45)cc3)ccc21. The summed E-state index contributed by atoms with van der Waals surface area (Å²) in [6.07, 6.45) is 4.19. The van der Waals surface area contributed by atoms with E-state index >= 15 is 0 Å². The molecule has 3 aromatic carbocycles. The third-order valence-electron chi connectivity index (χ3n) is 6.41. The Bertz CT molecular complexity index is 1320. The molecule has 1 aromatic heterocycles. The fraction of sp³-hybridized carbons (Fsp3) is 0.214. The number of anilines is 1. The first-order valence-corrected chi connectivity index (χ1v) is 11.5. The number of para-hydroxylation sites is 1. The summed E-state index contributed by atoms with van der Waals surface area (Å²) in [4.78, 5) is 29.9. The van der Waals surface area contributed by atoms with Gasteiger partial charge in [-0.2, -0.15) is 0 Å². The molecule has 2 amide bonds. The Balaban J connectivity index is 1.22. The normalized spacial score (nSPS) is 12.7. The summed E-state index contributed by atoms with van der Waals surface area (Å²) in [5.41, 5.74) is 7.37. The fourth-order valence-electron chi connectivity index (χ4n) is 4.60. The number of nitrogens with zero attached hydrogens (tertiary/aromatic N) is 1. The third-order valence-corrected chi connectivity index (χ3v) is 6.41. The summed E-state index contributed by atoms with van der Waals surface area (Å²) >= 11 is 0. The first-order chi connectivity index (χ1) is 16.1. The Labute approximate surface area is 193 Å². The van der Waals surface area contributed by atoms with Crippen LogP contribution in [0.5, 0.6) is 0 Å². The highest BCUT2D eigenvalue weighted by Gasteiger charge is 2.23. The first kappa shape index (κ1) is 21.0. The van der Waals surface area contributed by atoms with Crippen LogP contribution in [0.3, 0.4) is 0 Å². The van der Waals surface area contributed by atoms with Gasteiger partial charge in [0.1, 0.15) is 0 Å². The molecule has 0 bridgehead atoms. The highest BCUT2D eigenvalue weighted by molar-refractivity contribution is 5.96. The van der Waals surface area contributed by atoms with Crippen molar-refractivity contribution in [2.75, 3.05) is 18.0 Å². The van der Waals surface area contributed by atoms with Crippen LogP contribution in [0.2, 0.25) is 0 Å². The maximum Gasteiger partial charge on any atom is 0.251 e. The molecule has 0 spiro atoms. The molecular formula is C28H27N3O2. The smallest absolute Gasteiger partial charge is 0.251 e. The topological polar surface area (TPSA) is 65.2 Å². The van der Waals surface area contributed by atoms with E-state index in [1.54, 1.807) is 0 Å². The number of benzene rings is 3. The van der Waals surface area contributed by atoms with Gasteiger partial charge < -0.3 is 15.2 Å². The lowest BCUT2D eigenvalue weighted by molar-refractivity contribution is -0.118. The minimum Gasteiger partial charge on any atom is -0.361 e. The van der Waals surface area contributed by atoms with Gasteiger partial charge in [0.05, 0.1) is 0 Å². The molecule has 2 heterocycles. The lowest BCUT2D eigenvalue weighted by Crippen LogP contribution is -2.27. The number of aromatic nitrogens is 1. The van der Waals surface area contributed by atoms with E-state index in [0.29, 0.717) is 18.5 Å². The summed E-state index contributed by atoms with van der Waals surface area (Å²) < 4.78 is 0. The van der Waals surface area contributed by atoms with E-state index < -0.39 is 0 Å². The monoisotopic (exact) mass is 437 g/mol. The highest BCUT2D eigenvalue weighted by atomic mass is 16.2. The van der Waals surface area contributed by atoms with Gasteiger partial charge in [-0.15, -0.1) is 0 Å². The zero-order chi connectivity index (χ0) is 22.8. The number of nitrogens with one attached hydrogen (secondary N) is 2. The van der Waals surface area contributed by atoms with E-state index in [2.05, 4.69) is 34.6 Å². The summed E-state index contributed by atoms with van der Waals surface area (Å²) in [6, 6.07) is 22.2. The number of hydrogen-bond donors (Lipinski definition) is 2. The standard InChI is InChI=1S/C28H27N3O2/c1-2-27(32)31-16-14-22-17-21(11-12-26(22)31)19-7-9-20(10-8-19)28(33)29-15-13-23-18-30-25-6-4-3-5-24(23)25/h3-12,17-18,30H,2,13-16H2,1H3,(H,29,33). The second kappa shape index (κ2) is 8.94. The van der Waals surface area contributed by atoms with Gasteiger partial charge in [-0.1, -0.05) is 43.3 Å². The van der Waals surface area contributed by atoms with Crippen molar-refractivity contribution in [2.24, 2.45) is 0 Å². The van der Waals surface area contributed by atoms with Crippen LogP contribution in [0, 0.1) is 0 Å². The van der Waals surface area contributed by atoms with Gasteiger partial charge in [0.15, 0.2) is 0 Å². The van der Waals surface area contributed by atoms with E-state index in [-0.39, 0.29) is 11.8 Å². The third kappa shape index (κ3) is 4.14. The van der Waals surface area contributed by atoms with Crippen LogP contribution in [0.1, 0.15) is 34.8 Å². The number of aromatic amines is 1. The molecule has 33 heavy (non-hydrogen) atoms. The summed E-state index contributed by atoms with van der Waals surface area (Å²) in [6.45, 7) is 3.23.